The van der Waals surface area contributed by atoms with Gasteiger partial charge in [0.15, 0.2) is 5.82 Å². The summed E-state index contributed by atoms with van der Waals surface area (Å²) in [5.41, 5.74) is 1.12. The van der Waals surface area contributed by atoms with E-state index in [4.69, 9.17) is 16.6 Å². The SMILES string of the molecule is O=[S@@]1CCN(C2(CO)CCC2)c2nc(N3C4CC(c5ccc(Cl)cc5)CC3C4)ncc21. The van der Waals surface area contributed by atoms with Crippen LogP contribution in [0.2, 0.25) is 5.02 Å². The molecule has 31 heavy (non-hydrogen) atoms. The van der Waals surface area contributed by atoms with E-state index in [1.165, 1.54) is 12.0 Å². The summed E-state index contributed by atoms with van der Waals surface area (Å²) in [4.78, 5) is 14.9. The van der Waals surface area contributed by atoms with Crippen molar-refractivity contribution >= 4 is 34.2 Å². The number of aliphatic hydroxyl groups is 1. The fraction of sp³-hybridized carbons (Fsp3) is 0.565. The maximum absolute atomic E-state index is 12.7. The van der Waals surface area contributed by atoms with Gasteiger partial charge in [-0.15, -0.1) is 0 Å². The number of halogens is 1. The second kappa shape index (κ2) is 7.42. The fourth-order valence-corrected chi connectivity index (χ4v) is 7.21. The molecule has 5 aliphatic rings. The second-order valence-corrected chi connectivity index (χ2v) is 11.4. The molecular formula is C23H27ClN4O2S. The van der Waals surface area contributed by atoms with Crippen molar-refractivity contribution in [3.05, 3.63) is 41.0 Å². The quantitative estimate of drug-likeness (QED) is 0.756. The molecule has 6 nitrogen and oxygen atoms in total. The van der Waals surface area contributed by atoms with Gasteiger partial charge in [0.05, 0.1) is 34.0 Å². The number of aliphatic hydroxyl groups excluding tert-OH is 1. The van der Waals surface area contributed by atoms with Crippen LogP contribution < -0.4 is 9.80 Å². The molecule has 2 bridgehead atoms. The van der Waals surface area contributed by atoms with Crippen LogP contribution in [-0.4, -0.2) is 55.8 Å². The Morgan fingerprint density at radius 3 is 2.55 bits per heavy atom. The number of piperidine rings is 1. The summed E-state index contributed by atoms with van der Waals surface area (Å²) in [6, 6.07) is 9.14. The average Bonchev–Trinajstić information content (AvgIpc) is 2.75. The van der Waals surface area contributed by atoms with Crippen molar-refractivity contribution in [2.45, 2.75) is 67.0 Å². The van der Waals surface area contributed by atoms with Crippen LogP contribution in [0.5, 0.6) is 0 Å². The molecule has 2 unspecified atom stereocenters. The van der Waals surface area contributed by atoms with Crippen LogP contribution in [0.3, 0.4) is 0 Å². The average molecular weight is 459 g/mol. The van der Waals surface area contributed by atoms with E-state index in [9.17, 15) is 9.32 Å². The zero-order valence-corrected chi connectivity index (χ0v) is 19.0. The molecule has 0 amide bonds. The Labute approximate surface area is 190 Å². The highest BCUT2D eigenvalue weighted by Gasteiger charge is 2.49. The van der Waals surface area contributed by atoms with Gasteiger partial charge in [0.25, 0.3) is 0 Å². The third-order valence-corrected chi connectivity index (χ3v) is 9.48. The number of nitrogens with zero attached hydrogens (tertiary/aromatic N) is 4. The summed E-state index contributed by atoms with van der Waals surface area (Å²) in [7, 11) is -1.07. The van der Waals surface area contributed by atoms with Gasteiger partial charge in [0, 0.05) is 29.4 Å². The maximum Gasteiger partial charge on any atom is 0.227 e. The smallest absolute Gasteiger partial charge is 0.227 e. The Morgan fingerprint density at radius 2 is 1.90 bits per heavy atom. The van der Waals surface area contributed by atoms with Gasteiger partial charge >= 0.3 is 0 Å². The van der Waals surface area contributed by atoms with Gasteiger partial charge < -0.3 is 14.9 Å². The molecule has 3 atom stereocenters. The van der Waals surface area contributed by atoms with Crippen molar-refractivity contribution in [1.82, 2.24) is 9.97 Å². The van der Waals surface area contributed by atoms with Gasteiger partial charge in [0.1, 0.15) is 0 Å². The Kier molecular flexibility index (Phi) is 4.78. The normalized spacial score (nSPS) is 30.9. The molecule has 2 aromatic rings. The van der Waals surface area contributed by atoms with Crippen LogP contribution in [0.1, 0.15) is 50.0 Å². The summed E-state index contributed by atoms with van der Waals surface area (Å²) in [6.45, 7) is 0.804. The molecule has 8 heteroatoms. The zero-order chi connectivity index (χ0) is 21.2. The van der Waals surface area contributed by atoms with Gasteiger partial charge in [-0.1, -0.05) is 23.7 Å². The molecule has 4 fully saturated rings. The van der Waals surface area contributed by atoms with Crippen LogP contribution in [0.4, 0.5) is 11.8 Å². The van der Waals surface area contributed by atoms with Gasteiger partial charge in [-0.3, -0.25) is 4.21 Å². The van der Waals surface area contributed by atoms with Crippen molar-refractivity contribution < 1.29 is 9.32 Å². The third-order valence-electron chi connectivity index (χ3n) is 7.89. The minimum absolute atomic E-state index is 0.121. The first kappa shape index (κ1) is 19.9. The lowest BCUT2D eigenvalue weighted by Crippen LogP contribution is -2.62. The molecule has 1 aromatic heterocycles. The molecule has 1 aromatic carbocycles. The molecule has 2 aliphatic carbocycles. The molecule has 7 rings (SSSR count). The topological polar surface area (TPSA) is 69.6 Å². The predicted molar refractivity (Wildman–Crippen MR) is 122 cm³/mol. The monoisotopic (exact) mass is 458 g/mol. The highest BCUT2D eigenvalue weighted by molar-refractivity contribution is 7.85. The van der Waals surface area contributed by atoms with E-state index in [1.54, 1.807) is 6.20 Å². The lowest BCUT2D eigenvalue weighted by molar-refractivity contribution is 0.115. The number of aromatic nitrogens is 2. The number of hydrogen-bond donors (Lipinski definition) is 1. The van der Waals surface area contributed by atoms with Crippen LogP contribution in [0.15, 0.2) is 35.4 Å². The highest BCUT2D eigenvalue weighted by Crippen LogP contribution is 2.48. The number of rotatable bonds is 4. The van der Waals surface area contributed by atoms with Crippen molar-refractivity contribution in [3.63, 3.8) is 0 Å². The van der Waals surface area contributed by atoms with Gasteiger partial charge in [-0.2, -0.15) is 4.98 Å². The maximum atomic E-state index is 12.7. The molecule has 164 valence electrons. The Balaban J connectivity index is 1.27. The van der Waals surface area contributed by atoms with E-state index in [1.807, 2.05) is 12.1 Å². The Morgan fingerprint density at radius 1 is 1.16 bits per heavy atom. The number of benzene rings is 1. The van der Waals surface area contributed by atoms with Crippen molar-refractivity contribution in [2.24, 2.45) is 0 Å². The first-order chi connectivity index (χ1) is 15.1. The highest BCUT2D eigenvalue weighted by atomic mass is 35.5. The van der Waals surface area contributed by atoms with E-state index in [0.717, 1.165) is 53.8 Å². The lowest BCUT2D eigenvalue weighted by atomic mass is 9.71. The molecular weight excluding hydrogens is 432 g/mol. The number of anilines is 2. The van der Waals surface area contributed by atoms with Gasteiger partial charge in [0.2, 0.25) is 5.95 Å². The summed E-state index contributed by atoms with van der Waals surface area (Å²) in [5, 5.41) is 10.9. The van der Waals surface area contributed by atoms with Crippen LogP contribution in [0.25, 0.3) is 0 Å². The largest absolute Gasteiger partial charge is 0.394 e. The lowest BCUT2D eigenvalue weighted by Gasteiger charge is -2.56. The summed E-state index contributed by atoms with van der Waals surface area (Å²) >= 11 is 6.06. The molecule has 3 aliphatic heterocycles. The first-order valence-corrected chi connectivity index (χ1v) is 13.0. The third kappa shape index (κ3) is 3.11. The van der Waals surface area contributed by atoms with Crippen molar-refractivity contribution in [2.75, 3.05) is 28.7 Å². The van der Waals surface area contributed by atoms with Crippen LogP contribution >= 0.6 is 11.6 Å². The molecule has 0 radical (unpaired) electrons. The van der Waals surface area contributed by atoms with E-state index >= 15 is 0 Å². The van der Waals surface area contributed by atoms with E-state index in [-0.39, 0.29) is 12.1 Å². The summed E-state index contributed by atoms with van der Waals surface area (Å²) in [6.07, 6.45) is 8.19. The fourth-order valence-electron chi connectivity index (χ4n) is 5.99. The van der Waals surface area contributed by atoms with Gasteiger partial charge in [-0.25, -0.2) is 4.98 Å². The molecule has 0 spiro atoms. The Bertz CT molecular complexity index is 1010. The number of fused-ring (bicyclic) bond motifs is 3. The molecule has 2 saturated heterocycles. The molecule has 1 N–H and O–H groups in total. The van der Waals surface area contributed by atoms with E-state index in [2.05, 4.69) is 26.9 Å². The van der Waals surface area contributed by atoms with E-state index in [0.29, 0.717) is 30.3 Å². The minimum Gasteiger partial charge on any atom is -0.394 e. The van der Waals surface area contributed by atoms with Crippen LogP contribution in [-0.2, 0) is 10.8 Å². The van der Waals surface area contributed by atoms with Crippen LogP contribution in [0, 0.1) is 0 Å². The Hall–Kier alpha value is -1.70. The zero-order valence-electron chi connectivity index (χ0n) is 17.4. The van der Waals surface area contributed by atoms with E-state index < -0.39 is 10.8 Å². The second-order valence-electron chi connectivity index (χ2n) is 9.47. The van der Waals surface area contributed by atoms with Crippen molar-refractivity contribution in [1.29, 1.82) is 0 Å². The predicted octanol–water partition coefficient (Wildman–Crippen LogP) is 3.50. The standard InChI is InChI=1S/C23H27ClN4O2S/c24-17-4-2-15(3-5-17)16-10-18-12-19(11-16)28(18)22-25-13-20-21(26-22)27(8-9-31(20)30)23(14-29)6-1-7-23/h2-5,13,16,18-19,29H,1,6-12,14H2/t16?,18?,19?,31-/m1/s1. The summed E-state index contributed by atoms with van der Waals surface area (Å²) < 4.78 is 12.7. The number of hydrogen-bond acceptors (Lipinski definition) is 6. The summed E-state index contributed by atoms with van der Waals surface area (Å²) in [5.74, 6) is 2.66. The van der Waals surface area contributed by atoms with Crippen molar-refractivity contribution in [3.8, 4) is 0 Å². The first-order valence-electron chi connectivity index (χ1n) is 11.3. The van der Waals surface area contributed by atoms with Gasteiger partial charge in [-0.05, 0) is 62.1 Å². The molecule has 2 saturated carbocycles. The minimum atomic E-state index is -1.07. The molecule has 4 heterocycles.